The molecule has 7 heteroatoms. The van der Waals surface area contributed by atoms with Gasteiger partial charge in [-0.3, -0.25) is 9.59 Å². The molecule has 6 nitrogen and oxygen atoms in total. The van der Waals surface area contributed by atoms with Crippen LogP contribution in [0, 0.1) is 0 Å². The first kappa shape index (κ1) is 20.4. The van der Waals surface area contributed by atoms with Gasteiger partial charge < -0.3 is 10.1 Å². The lowest BCUT2D eigenvalue weighted by Crippen LogP contribution is -2.20. The molecule has 0 heterocycles. The van der Waals surface area contributed by atoms with Crippen molar-refractivity contribution in [2.24, 2.45) is 5.10 Å². The van der Waals surface area contributed by atoms with E-state index in [0.29, 0.717) is 16.5 Å². The third kappa shape index (κ3) is 5.33. The van der Waals surface area contributed by atoms with E-state index in [0.717, 1.165) is 16.3 Å². The van der Waals surface area contributed by atoms with Gasteiger partial charge in [-0.25, -0.2) is 5.43 Å². The number of carbonyl (C=O) groups excluding carboxylic acids is 2. The van der Waals surface area contributed by atoms with Crippen LogP contribution in [-0.2, 0) is 9.59 Å². The summed E-state index contributed by atoms with van der Waals surface area (Å²) >= 11 is 6.00. The first-order valence-electron chi connectivity index (χ1n) is 9.00. The molecule has 0 aliphatic rings. The maximum atomic E-state index is 12.0. The van der Waals surface area contributed by atoms with E-state index in [1.807, 2.05) is 36.4 Å². The van der Waals surface area contributed by atoms with E-state index in [4.69, 9.17) is 16.3 Å². The summed E-state index contributed by atoms with van der Waals surface area (Å²) in [4.78, 5) is 24.0. The van der Waals surface area contributed by atoms with Crippen LogP contribution in [0.4, 0.5) is 5.69 Å². The van der Waals surface area contributed by atoms with Crippen LogP contribution in [0.3, 0.4) is 0 Å². The average molecular weight is 410 g/mol. The predicted octanol–water partition coefficient (Wildman–Crippen LogP) is 4.37. The van der Waals surface area contributed by atoms with Gasteiger partial charge >= 0.3 is 0 Å². The largest absolute Gasteiger partial charge is 0.496 e. The van der Waals surface area contributed by atoms with Gasteiger partial charge in [-0.1, -0.05) is 54.1 Å². The molecule has 0 aliphatic heterocycles. The molecule has 0 spiro atoms. The Hall–Kier alpha value is -3.38. The highest BCUT2D eigenvalue weighted by Crippen LogP contribution is 2.26. The summed E-state index contributed by atoms with van der Waals surface area (Å²) in [5.74, 6) is -0.0106. The lowest BCUT2D eigenvalue weighted by molar-refractivity contribution is -0.124. The number of para-hydroxylation sites is 1. The van der Waals surface area contributed by atoms with Gasteiger partial charge in [0.1, 0.15) is 5.75 Å². The maximum Gasteiger partial charge on any atom is 0.240 e. The highest BCUT2D eigenvalue weighted by atomic mass is 35.5. The number of hydrogen-bond acceptors (Lipinski definition) is 4. The molecule has 0 saturated heterocycles. The monoisotopic (exact) mass is 409 g/mol. The van der Waals surface area contributed by atoms with Crippen LogP contribution in [-0.4, -0.2) is 25.1 Å². The lowest BCUT2D eigenvalue weighted by atomic mass is 10.0. The SMILES string of the molecule is COc1ccc2ccccc2c1/C=N/NC(=O)CCC(=O)Nc1ccccc1Cl. The lowest BCUT2D eigenvalue weighted by Gasteiger charge is -2.08. The average Bonchev–Trinajstić information content (AvgIpc) is 2.74. The molecule has 3 aromatic carbocycles. The standard InChI is InChI=1S/C22H20ClN3O3/c1-29-20-11-10-15-6-2-3-7-16(15)17(20)14-24-26-22(28)13-12-21(27)25-19-9-5-4-8-18(19)23/h2-11,14H,12-13H2,1H3,(H,25,27)(H,26,28)/b24-14+. The number of anilines is 1. The molecule has 3 rings (SSSR count). The van der Waals surface area contributed by atoms with Crippen molar-refractivity contribution in [1.82, 2.24) is 5.43 Å². The van der Waals surface area contributed by atoms with Gasteiger partial charge in [0.05, 0.1) is 24.0 Å². The molecule has 2 N–H and O–H groups in total. The summed E-state index contributed by atoms with van der Waals surface area (Å²) in [6, 6.07) is 18.6. The molecule has 148 valence electrons. The summed E-state index contributed by atoms with van der Waals surface area (Å²) < 4.78 is 5.39. The quantitative estimate of drug-likeness (QED) is 0.449. The van der Waals surface area contributed by atoms with Gasteiger partial charge in [0.15, 0.2) is 0 Å². The van der Waals surface area contributed by atoms with Crippen molar-refractivity contribution < 1.29 is 14.3 Å². The number of nitrogens with one attached hydrogen (secondary N) is 2. The van der Waals surface area contributed by atoms with Crippen LogP contribution in [0.1, 0.15) is 18.4 Å². The highest BCUT2D eigenvalue weighted by Gasteiger charge is 2.09. The fourth-order valence-corrected chi connectivity index (χ4v) is 3.00. The Labute approximate surface area is 173 Å². The number of ether oxygens (including phenoxy) is 1. The van der Waals surface area contributed by atoms with Crippen LogP contribution in [0.25, 0.3) is 10.8 Å². The minimum atomic E-state index is -0.366. The van der Waals surface area contributed by atoms with E-state index in [1.54, 1.807) is 37.6 Å². The number of benzene rings is 3. The van der Waals surface area contributed by atoms with E-state index < -0.39 is 0 Å². The van der Waals surface area contributed by atoms with Crippen molar-refractivity contribution in [2.75, 3.05) is 12.4 Å². The second-order valence-electron chi connectivity index (χ2n) is 6.22. The Bertz CT molecular complexity index is 1070. The van der Waals surface area contributed by atoms with E-state index in [9.17, 15) is 9.59 Å². The molecule has 0 fully saturated rings. The molecule has 0 bridgehead atoms. The number of nitrogens with zero attached hydrogens (tertiary/aromatic N) is 1. The van der Waals surface area contributed by atoms with Gasteiger partial charge in [-0.2, -0.15) is 5.10 Å². The Balaban J connectivity index is 1.57. The van der Waals surface area contributed by atoms with Gasteiger partial charge in [-0.15, -0.1) is 0 Å². The molecule has 0 radical (unpaired) electrons. The number of carbonyl (C=O) groups is 2. The molecule has 2 amide bonds. The number of halogens is 1. The van der Waals surface area contributed by atoms with Crippen LogP contribution >= 0.6 is 11.6 Å². The molecule has 0 aliphatic carbocycles. The zero-order valence-electron chi connectivity index (χ0n) is 15.8. The Morgan fingerprint density at radius 1 is 1.00 bits per heavy atom. The minimum absolute atomic E-state index is 0.000296. The van der Waals surface area contributed by atoms with Gasteiger partial charge in [0, 0.05) is 18.4 Å². The number of rotatable bonds is 7. The zero-order valence-corrected chi connectivity index (χ0v) is 16.6. The van der Waals surface area contributed by atoms with Crippen molar-refractivity contribution in [3.63, 3.8) is 0 Å². The number of methoxy groups -OCH3 is 1. The molecular weight excluding hydrogens is 390 g/mol. The van der Waals surface area contributed by atoms with Crippen LogP contribution in [0.2, 0.25) is 5.02 Å². The number of amides is 2. The number of hydrogen-bond donors (Lipinski definition) is 2. The smallest absolute Gasteiger partial charge is 0.240 e. The molecular formula is C22H20ClN3O3. The molecule has 29 heavy (non-hydrogen) atoms. The second kappa shape index (κ2) is 9.71. The van der Waals surface area contributed by atoms with Crippen molar-refractivity contribution in [3.05, 3.63) is 71.2 Å². The Morgan fingerprint density at radius 3 is 2.52 bits per heavy atom. The fourth-order valence-electron chi connectivity index (χ4n) is 2.81. The van der Waals surface area contributed by atoms with Crippen molar-refractivity contribution >= 4 is 46.1 Å². The highest BCUT2D eigenvalue weighted by molar-refractivity contribution is 6.33. The van der Waals surface area contributed by atoms with Crippen molar-refractivity contribution in [2.45, 2.75) is 12.8 Å². The summed E-state index contributed by atoms with van der Waals surface area (Å²) in [7, 11) is 1.58. The van der Waals surface area contributed by atoms with E-state index in [2.05, 4.69) is 15.8 Å². The maximum absolute atomic E-state index is 12.0. The minimum Gasteiger partial charge on any atom is -0.496 e. The molecule has 0 unspecified atom stereocenters. The number of fused-ring (bicyclic) bond motifs is 1. The molecule has 0 atom stereocenters. The van der Waals surface area contributed by atoms with E-state index in [-0.39, 0.29) is 24.7 Å². The van der Waals surface area contributed by atoms with Gasteiger partial charge in [-0.05, 0) is 29.0 Å². The van der Waals surface area contributed by atoms with Crippen LogP contribution < -0.4 is 15.5 Å². The van der Waals surface area contributed by atoms with Crippen LogP contribution in [0.15, 0.2) is 65.8 Å². The Morgan fingerprint density at radius 2 is 1.72 bits per heavy atom. The van der Waals surface area contributed by atoms with E-state index in [1.165, 1.54) is 0 Å². The van der Waals surface area contributed by atoms with Crippen LogP contribution in [0.5, 0.6) is 5.75 Å². The predicted molar refractivity (Wildman–Crippen MR) is 116 cm³/mol. The first-order chi connectivity index (χ1) is 14.1. The fraction of sp³-hybridized carbons (Fsp3) is 0.136. The summed E-state index contributed by atoms with van der Waals surface area (Å²) in [5, 5.41) is 9.14. The summed E-state index contributed by atoms with van der Waals surface area (Å²) in [6.45, 7) is 0. The summed E-state index contributed by atoms with van der Waals surface area (Å²) in [6.07, 6.45) is 1.56. The van der Waals surface area contributed by atoms with Gasteiger partial charge in [0.2, 0.25) is 11.8 Å². The molecule has 0 saturated carbocycles. The molecule has 0 aromatic heterocycles. The Kier molecular flexibility index (Phi) is 6.81. The third-order valence-corrected chi connectivity index (χ3v) is 4.59. The third-order valence-electron chi connectivity index (χ3n) is 4.26. The molecule has 3 aromatic rings. The summed E-state index contributed by atoms with van der Waals surface area (Å²) in [5.41, 5.74) is 3.73. The van der Waals surface area contributed by atoms with E-state index >= 15 is 0 Å². The topological polar surface area (TPSA) is 79.8 Å². The van der Waals surface area contributed by atoms with Crippen molar-refractivity contribution in [3.8, 4) is 5.75 Å². The second-order valence-corrected chi connectivity index (χ2v) is 6.63. The first-order valence-corrected chi connectivity index (χ1v) is 9.38. The normalized spacial score (nSPS) is 10.8. The number of hydrazone groups is 1. The van der Waals surface area contributed by atoms with Crippen molar-refractivity contribution in [1.29, 1.82) is 0 Å². The van der Waals surface area contributed by atoms with Gasteiger partial charge in [0.25, 0.3) is 0 Å². The zero-order chi connectivity index (χ0) is 20.6.